The molecular formula is C23H31N5O. The van der Waals surface area contributed by atoms with Gasteiger partial charge < -0.3 is 14.3 Å². The van der Waals surface area contributed by atoms with E-state index in [0.717, 1.165) is 56.4 Å². The van der Waals surface area contributed by atoms with Crippen molar-refractivity contribution < 1.29 is 4.74 Å². The lowest BCUT2D eigenvalue weighted by Crippen LogP contribution is -2.34. The van der Waals surface area contributed by atoms with Gasteiger partial charge in [-0.15, -0.1) is 0 Å². The third-order valence-corrected chi connectivity index (χ3v) is 5.58. The molecule has 0 bridgehead atoms. The number of aromatic nitrogens is 4. The fourth-order valence-corrected chi connectivity index (χ4v) is 4.04. The van der Waals surface area contributed by atoms with E-state index in [1.807, 2.05) is 6.20 Å². The molecule has 0 saturated heterocycles. The third-order valence-electron chi connectivity index (χ3n) is 5.58. The summed E-state index contributed by atoms with van der Waals surface area (Å²) in [5.74, 6) is 2.24. The lowest BCUT2D eigenvalue weighted by Gasteiger charge is -2.29. The summed E-state index contributed by atoms with van der Waals surface area (Å²) in [6.07, 6.45) is 6.25. The van der Waals surface area contributed by atoms with Gasteiger partial charge in [0.05, 0.1) is 18.0 Å². The van der Waals surface area contributed by atoms with E-state index in [1.165, 1.54) is 29.8 Å². The Balaban J connectivity index is 1.54. The van der Waals surface area contributed by atoms with Crippen molar-refractivity contribution in [3.63, 3.8) is 0 Å². The van der Waals surface area contributed by atoms with Gasteiger partial charge in [-0.1, -0.05) is 43.7 Å². The number of fused-ring (bicyclic) bond motifs is 1. The number of aromatic amines is 1. The quantitative estimate of drug-likeness (QED) is 0.600. The molecule has 2 aromatic heterocycles. The first-order chi connectivity index (χ1) is 14.3. The number of H-pyrrole nitrogens is 1. The maximum Gasteiger partial charge on any atom is 0.112 e. The lowest BCUT2D eigenvalue weighted by atomic mass is 10.1. The minimum atomic E-state index is 0.697. The molecule has 1 aromatic carbocycles. The molecule has 4 rings (SSSR count). The molecule has 1 aliphatic rings. The van der Waals surface area contributed by atoms with Gasteiger partial charge in [-0.2, -0.15) is 0 Å². The van der Waals surface area contributed by atoms with Crippen molar-refractivity contribution in [3.05, 3.63) is 59.6 Å². The van der Waals surface area contributed by atoms with Crippen molar-refractivity contribution in [2.45, 2.75) is 52.2 Å². The molecule has 0 atom stereocenters. The van der Waals surface area contributed by atoms with Crippen molar-refractivity contribution >= 4 is 0 Å². The van der Waals surface area contributed by atoms with E-state index in [4.69, 9.17) is 9.72 Å². The van der Waals surface area contributed by atoms with E-state index in [2.05, 4.69) is 56.7 Å². The number of nitrogens with one attached hydrogen (secondary N) is 1. The lowest BCUT2D eigenvalue weighted by molar-refractivity contribution is 0.192. The van der Waals surface area contributed by atoms with Crippen LogP contribution in [0.25, 0.3) is 11.3 Å². The Morgan fingerprint density at radius 1 is 1.14 bits per heavy atom. The highest BCUT2D eigenvalue weighted by atomic mass is 16.5. The van der Waals surface area contributed by atoms with Crippen LogP contribution in [-0.2, 0) is 37.2 Å². The first-order valence-corrected chi connectivity index (χ1v) is 10.7. The van der Waals surface area contributed by atoms with Crippen LogP contribution in [0.1, 0.15) is 42.8 Å². The van der Waals surface area contributed by atoms with Gasteiger partial charge in [0.2, 0.25) is 0 Å². The zero-order chi connectivity index (χ0) is 20.1. The van der Waals surface area contributed by atoms with Crippen LogP contribution >= 0.6 is 0 Å². The molecule has 6 heteroatoms. The number of hydrogen-bond acceptors (Lipinski definition) is 4. The van der Waals surface area contributed by atoms with E-state index < -0.39 is 0 Å². The second kappa shape index (κ2) is 9.37. The highest BCUT2D eigenvalue weighted by molar-refractivity contribution is 5.62. The number of nitrogens with zero attached hydrogens (tertiary/aromatic N) is 4. The number of ether oxygens (including phenoxy) is 1. The van der Waals surface area contributed by atoms with Crippen LogP contribution < -0.4 is 0 Å². The molecule has 1 N–H and O–H groups in total. The van der Waals surface area contributed by atoms with E-state index in [-0.39, 0.29) is 0 Å². The largest absolute Gasteiger partial charge is 0.384 e. The number of imidazole rings is 2. The number of hydrogen-bond donors (Lipinski definition) is 1. The fourth-order valence-electron chi connectivity index (χ4n) is 4.04. The molecule has 3 aromatic rings. The zero-order valence-electron chi connectivity index (χ0n) is 17.5. The maximum absolute atomic E-state index is 5.31. The van der Waals surface area contributed by atoms with Crippen LogP contribution in [0, 0.1) is 0 Å². The molecule has 0 fully saturated rings. The average molecular weight is 394 g/mol. The number of aryl methyl sites for hydroxylation is 1. The number of methoxy groups -OCH3 is 1. The minimum absolute atomic E-state index is 0.697. The van der Waals surface area contributed by atoms with Crippen LogP contribution in [0.3, 0.4) is 0 Å². The Bertz CT molecular complexity index is 915. The van der Waals surface area contributed by atoms with Crippen LogP contribution in [0.2, 0.25) is 0 Å². The Labute approximate surface area is 172 Å². The van der Waals surface area contributed by atoms with Crippen LogP contribution in [0.15, 0.2) is 36.5 Å². The van der Waals surface area contributed by atoms with E-state index >= 15 is 0 Å². The highest BCUT2D eigenvalue weighted by Gasteiger charge is 2.25. The molecular weight excluding hydrogens is 362 g/mol. The van der Waals surface area contributed by atoms with Gasteiger partial charge in [0.15, 0.2) is 0 Å². The van der Waals surface area contributed by atoms with Gasteiger partial charge in [-0.05, 0) is 6.42 Å². The summed E-state index contributed by atoms with van der Waals surface area (Å²) in [6, 6.07) is 10.5. The smallest absolute Gasteiger partial charge is 0.112 e. The predicted octanol–water partition coefficient (Wildman–Crippen LogP) is 3.82. The normalized spacial score (nSPS) is 14.3. The van der Waals surface area contributed by atoms with Crippen molar-refractivity contribution in [1.82, 2.24) is 24.4 Å². The van der Waals surface area contributed by atoms with Gasteiger partial charge in [-0.3, -0.25) is 4.90 Å². The van der Waals surface area contributed by atoms with Gasteiger partial charge in [0.1, 0.15) is 11.6 Å². The van der Waals surface area contributed by atoms with Gasteiger partial charge in [0.25, 0.3) is 0 Å². The van der Waals surface area contributed by atoms with Crippen LogP contribution in [-0.4, -0.2) is 44.7 Å². The first kappa shape index (κ1) is 19.9. The van der Waals surface area contributed by atoms with E-state index in [0.29, 0.717) is 6.61 Å². The topological polar surface area (TPSA) is 59.0 Å². The van der Waals surface area contributed by atoms with E-state index in [9.17, 15) is 0 Å². The van der Waals surface area contributed by atoms with Crippen molar-refractivity contribution in [3.8, 4) is 11.3 Å². The standard InChI is InChI=1S/C23H31N5O/c1-3-4-10-21-24-15-19(25-21)16-27-12-13-28-20(17-27)23(18-8-6-5-7-9-18)26-22(28)11-14-29-2/h5-9,15H,3-4,10-14,16-17H2,1-2H3,(H,24,25). The molecule has 0 spiro atoms. The van der Waals surface area contributed by atoms with Crippen LogP contribution in [0.5, 0.6) is 0 Å². The van der Waals surface area contributed by atoms with Gasteiger partial charge >= 0.3 is 0 Å². The Morgan fingerprint density at radius 2 is 2.00 bits per heavy atom. The van der Waals surface area contributed by atoms with Crippen molar-refractivity contribution in [2.75, 3.05) is 20.3 Å². The maximum atomic E-state index is 5.31. The summed E-state index contributed by atoms with van der Waals surface area (Å²) in [4.78, 5) is 15.6. The van der Waals surface area contributed by atoms with Crippen LogP contribution in [0.4, 0.5) is 0 Å². The zero-order valence-corrected chi connectivity index (χ0v) is 17.5. The summed E-state index contributed by atoms with van der Waals surface area (Å²) < 4.78 is 7.71. The fraction of sp³-hybridized carbons (Fsp3) is 0.478. The van der Waals surface area contributed by atoms with Crippen molar-refractivity contribution in [2.24, 2.45) is 0 Å². The molecule has 154 valence electrons. The van der Waals surface area contributed by atoms with Gasteiger partial charge in [0, 0.05) is 63.6 Å². The number of benzene rings is 1. The first-order valence-electron chi connectivity index (χ1n) is 10.7. The molecule has 0 amide bonds. The van der Waals surface area contributed by atoms with Gasteiger partial charge in [-0.25, -0.2) is 9.97 Å². The monoisotopic (exact) mass is 393 g/mol. The van der Waals surface area contributed by atoms with Crippen molar-refractivity contribution in [1.29, 1.82) is 0 Å². The number of unbranched alkanes of at least 4 members (excludes halogenated alkanes) is 1. The Hall–Kier alpha value is -2.44. The van der Waals surface area contributed by atoms with E-state index in [1.54, 1.807) is 7.11 Å². The number of rotatable bonds is 9. The minimum Gasteiger partial charge on any atom is -0.384 e. The molecule has 0 radical (unpaired) electrons. The molecule has 0 unspecified atom stereocenters. The second-order valence-corrected chi connectivity index (χ2v) is 7.75. The second-order valence-electron chi connectivity index (χ2n) is 7.75. The SMILES string of the molecule is CCCCc1ncc(CN2CCn3c(CCOC)nc(-c4ccccc4)c3C2)[nH]1. The molecule has 3 heterocycles. The third kappa shape index (κ3) is 4.60. The highest BCUT2D eigenvalue weighted by Crippen LogP contribution is 2.28. The Morgan fingerprint density at radius 3 is 2.79 bits per heavy atom. The molecule has 29 heavy (non-hydrogen) atoms. The Kier molecular flexibility index (Phi) is 6.42. The summed E-state index contributed by atoms with van der Waals surface area (Å²) in [5, 5.41) is 0. The average Bonchev–Trinajstić information content (AvgIpc) is 3.35. The molecule has 0 aliphatic carbocycles. The summed E-state index contributed by atoms with van der Waals surface area (Å²) in [5.41, 5.74) is 4.80. The summed E-state index contributed by atoms with van der Waals surface area (Å²) in [6.45, 7) is 6.68. The predicted molar refractivity (Wildman–Crippen MR) is 115 cm³/mol. The molecule has 0 saturated carbocycles. The molecule has 1 aliphatic heterocycles. The molecule has 6 nitrogen and oxygen atoms in total. The summed E-state index contributed by atoms with van der Waals surface area (Å²) >= 11 is 0. The summed E-state index contributed by atoms with van der Waals surface area (Å²) in [7, 11) is 1.75.